The summed E-state index contributed by atoms with van der Waals surface area (Å²) in [6, 6.07) is -1.08. The first-order chi connectivity index (χ1) is 5.27. The first-order valence-corrected chi connectivity index (χ1v) is 5.09. The van der Waals surface area contributed by atoms with E-state index in [9.17, 15) is 9.36 Å². The number of nitrogens with one attached hydrogen (secondary N) is 1. The SMILES string of the molecule is CC(N)P(=O)(O)N[C@@H](C)C(=O)O. The number of hydrogen-bond donors (Lipinski definition) is 4. The quantitative estimate of drug-likeness (QED) is 0.452. The zero-order valence-electron chi connectivity index (χ0n) is 6.89. The third-order valence-electron chi connectivity index (χ3n) is 1.30. The van der Waals surface area contributed by atoms with Crippen LogP contribution >= 0.6 is 7.52 Å². The summed E-state index contributed by atoms with van der Waals surface area (Å²) >= 11 is 0. The van der Waals surface area contributed by atoms with Gasteiger partial charge in [-0.1, -0.05) is 0 Å². The van der Waals surface area contributed by atoms with Crippen molar-refractivity contribution in [3.8, 4) is 0 Å². The molecular weight excluding hydrogens is 183 g/mol. The monoisotopic (exact) mass is 196 g/mol. The van der Waals surface area contributed by atoms with E-state index >= 15 is 0 Å². The third-order valence-corrected chi connectivity index (χ3v) is 3.16. The predicted octanol–water partition coefficient (Wildman–Crippen LogP) is -0.461. The number of aliphatic carboxylic acids is 1. The van der Waals surface area contributed by atoms with Gasteiger partial charge in [-0.3, -0.25) is 9.36 Å². The molecule has 0 heterocycles. The van der Waals surface area contributed by atoms with Gasteiger partial charge in [-0.15, -0.1) is 0 Å². The standard InChI is InChI=1S/C5H13N2O4P/c1-3(5(8)9)7-12(10,11)4(2)6/h3-4H,6H2,1-2H3,(H,8,9)(H2,7,10,11)/t3-,4?/m0/s1. The summed E-state index contributed by atoms with van der Waals surface area (Å²) in [5.74, 6) is -2.16. The highest BCUT2D eigenvalue weighted by atomic mass is 31.2. The molecule has 0 aliphatic carbocycles. The second kappa shape index (κ2) is 4.00. The first kappa shape index (κ1) is 11.6. The van der Waals surface area contributed by atoms with E-state index in [0.29, 0.717) is 0 Å². The van der Waals surface area contributed by atoms with Crippen molar-refractivity contribution in [3.05, 3.63) is 0 Å². The van der Waals surface area contributed by atoms with E-state index in [4.69, 9.17) is 15.7 Å². The molecule has 6 nitrogen and oxygen atoms in total. The van der Waals surface area contributed by atoms with Crippen LogP contribution in [-0.2, 0) is 9.36 Å². The maximum atomic E-state index is 11.1. The molecule has 0 bridgehead atoms. The Kier molecular flexibility index (Phi) is 3.86. The molecule has 0 aromatic rings. The van der Waals surface area contributed by atoms with Crippen molar-refractivity contribution in [2.75, 3.05) is 0 Å². The van der Waals surface area contributed by atoms with Crippen molar-refractivity contribution in [2.24, 2.45) is 5.73 Å². The molecule has 2 unspecified atom stereocenters. The molecule has 0 fully saturated rings. The maximum absolute atomic E-state index is 11.1. The van der Waals surface area contributed by atoms with Gasteiger partial charge in [0, 0.05) is 0 Å². The fourth-order valence-corrected chi connectivity index (χ4v) is 1.35. The zero-order valence-corrected chi connectivity index (χ0v) is 7.78. The highest BCUT2D eigenvalue weighted by Gasteiger charge is 2.27. The summed E-state index contributed by atoms with van der Waals surface area (Å²) < 4.78 is 11.1. The molecule has 72 valence electrons. The lowest BCUT2D eigenvalue weighted by molar-refractivity contribution is -0.138. The van der Waals surface area contributed by atoms with E-state index in [1.165, 1.54) is 13.8 Å². The van der Waals surface area contributed by atoms with Gasteiger partial charge in [-0.2, -0.15) is 0 Å². The molecule has 12 heavy (non-hydrogen) atoms. The Hall–Kier alpha value is -0.420. The molecule has 5 N–H and O–H groups in total. The van der Waals surface area contributed by atoms with E-state index in [-0.39, 0.29) is 0 Å². The smallest absolute Gasteiger partial charge is 0.320 e. The van der Waals surface area contributed by atoms with Gasteiger partial charge >= 0.3 is 5.97 Å². The lowest BCUT2D eigenvalue weighted by Gasteiger charge is -2.18. The largest absolute Gasteiger partial charge is 0.480 e. The molecule has 0 aromatic carbocycles. The van der Waals surface area contributed by atoms with E-state index in [1.807, 2.05) is 5.09 Å². The van der Waals surface area contributed by atoms with E-state index < -0.39 is 25.3 Å². The minimum atomic E-state index is -3.73. The number of rotatable bonds is 4. The third kappa shape index (κ3) is 3.32. The second-order valence-corrected chi connectivity index (χ2v) is 4.87. The van der Waals surface area contributed by atoms with Crippen LogP contribution < -0.4 is 10.8 Å². The van der Waals surface area contributed by atoms with Crippen LogP contribution in [0.15, 0.2) is 0 Å². The normalized spacial score (nSPS) is 21.0. The fraction of sp³-hybridized carbons (Fsp3) is 0.800. The molecule has 7 heteroatoms. The Bertz CT molecular complexity index is 217. The van der Waals surface area contributed by atoms with Gasteiger partial charge in [-0.25, -0.2) is 5.09 Å². The summed E-state index contributed by atoms with van der Waals surface area (Å²) in [5, 5.41) is 10.4. The van der Waals surface area contributed by atoms with Crippen molar-refractivity contribution in [2.45, 2.75) is 25.7 Å². The Labute approximate surface area is 70.3 Å². The molecule has 0 radical (unpaired) electrons. The molecule has 0 saturated carbocycles. The number of nitrogens with two attached hydrogens (primary N) is 1. The van der Waals surface area contributed by atoms with E-state index in [1.54, 1.807) is 0 Å². The summed E-state index contributed by atoms with van der Waals surface area (Å²) in [6.45, 7) is 2.61. The molecule has 0 saturated heterocycles. The molecular formula is C5H13N2O4P. The average molecular weight is 196 g/mol. The van der Waals surface area contributed by atoms with Crippen LogP contribution in [0, 0.1) is 0 Å². The number of hydrogen-bond acceptors (Lipinski definition) is 3. The Morgan fingerprint density at radius 1 is 1.58 bits per heavy atom. The summed E-state index contributed by atoms with van der Waals surface area (Å²) in [6.07, 6.45) is 0. The van der Waals surface area contributed by atoms with Crippen LogP contribution in [0.4, 0.5) is 0 Å². The molecule has 0 rings (SSSR count). The molecule has 0 amide bonds. The Morgan fingerprint density at radius 3 is 2.25 bits per heavy atom. The molecule has 0 aromatic heterocycles. The van der Waals surface area contributed by atoms with Gasteiger partial charge in [0.05, 0.1) is 5.78 Å². The minimum absolute atomic E-state index is 0.973. The lowest BCUT2D eigenvalue weighted by Crippen LogP contribution is -2.35. The lowest BCUT2D eigenvalue weighted by atomic mass is 10.4. The predicted molar refractivity (Wildman–Crippen MR) is 43.7 cm³/mol. The number of carbonyl (C=O) groups is 1. The van der Waals surface area contributed by atoms with Gasteiger partial charge in [0.15, 0.2) is 0 Å². The fourth-order valence-electron chi connectivity index (χ4n) is 0.450. The number of carboxylic acid groups (broad SMARTS) is 1. The second-order valence-electron chi connectivity index (χ2n) is 2.55. The van der Waals surface area contributed by atoms with Crippen molar-refractivity contribution in [3.63, 3.8) is 0 Å². The average Bonchev–Trinajstić information content (AvgIpc) is 1.85. The van der Waals surface area contributed by atoms with Crippen LogP contribution in [-0.4, -0.2) is 27.8 Å². The zero-order chi connectivity index (χ0) is 9.94. The summed E-state index contributed by atoms with van der Waals surface area (Å²) in [7, 11) is -3.73. The van der Waals surface area contributed by atoms with Crippen molar-refractivity contribution in [1.82, 2.24) is 5.09 Å². The van der Waals surface area contributed by atoms with Crippen molar-refractivity contribution < 1.29 is 19.4 Å². The summed E-state index contributed by atoms with van der Waals surface area (Å²) in [4.78, 5) is 19.3. The number of carboxylic acids is 1. The van der Waals surface area contributed by atoms with Crippen LogP contribution in [0.3, 0.4) is 0 Å². The van der Waals surface area contributed by atoms with E-state index in [2.05, 4.69) is 0 Å². The van der Waals surface area contributed by atoms with Gasteiger partial charge in [-0.05, 0) is 13.8 Å². The molecule has 3 atom stereocenters. The van der Waals surface area contributed by atoms with Crippen LogP contribution in [0.25, 0.3) is 0 Å². The molecule has 0 aliphatic heterocycles. The van der Waals surface area contributed by atoms with Gasteiger partial charge < -0.3 is 15.7 Å². The Balaban J connectivity index is 4.25. The highest BCUT2D eigenvalue weighted by molar-refractivity contribution is 7.56. The van der Waals surface area contributed by atoms with Crippen molar-refractivity contribution in [1.29, 1.82) is 0 Å². The highest BCUT2D eigenvalue weighted by Crippen LogP contribution is 2.38. The van der Waals surface area contributed by atoms with E-state index in [0.717, 1.165) is 0 Å². The van der Waals surface area contributed by atoms with Crippen LogP contribution in [0.2, 0.25) is 0 Å². The molecule has 0 spiro atoms. The summed E-state index contributed by atoms with van der Waals surface area (Å²) in [5.41, 5.74) is 5.15. The van der Waals surface area contributed by atoms with Gasteiger partial charge in [0.1, 0.15) is 6.04 Å². The van der Waals surface area contributed by atoms with Gasteiger partial charge in [0.2, 0.25) is 0 Å². The molecule has 0 aliphatic rings. The minimum Gasteiger partial charge on any atom is -0.480 e. The topological polar surface area (TPSA) is 113 Å². The van der Waals surface area contributed by atoms with Crippen molar-refractivity contribution >= 4 is 13.5 Å². The maximum Gasteiger partial charge on any atom is 0.320 e. The van der Waals surface area contributed by atoms with Crippen LogP contribution in [0.1, 0.15) is 13.8 Å². The van der Waals surface area contributed by atoms with Crippen LogP contribution in [0.5, 0.6) is 0 Å². The Morgan fingerprint density at radius 2 is 2.00 bits per heavy atom. The first-order valence-electron chi connectivity index (χ1n) is 3.36. The van der Waals surface area contributed by atoms with Gasteiger partial charge in [0.25, 0.3) is 7.52 Å².